The zero-order chi connectivity index (χ0) is 29.5. The van der Waals surface area contributed by atoms with Crippen LogP contribution >= 0.6 is 0 Å². The maximum Gasteiger partial charge on any atom is 0.126 e. The topological polar surface area (TPSA) is 61.3 Å². The number of anilines is 2. The molecule has 3 nitrogen and oxygen atoms in total. The summed E-state index contributed by atoms with van der Waals surface area (Å²) in [5, 5.41) is 0. The van der Waals surface area contributed by atoms with E-state index in [1.807, 2.05) is 13.0 Å². The van der Waals surface area contributed by atoms with Crippen molar-refractivity contribution in [2.24, 2.45) is 11.8 Å². The van der Waals surface area contributed by atoms with Crippen LogP contribution in [-0.2, 0) is 6.42 Å². The van der Waals surface area contributed by atoms with Gasteiger partial charge in [-0.2, -0.15) is 0 Å². The Morgan fingerprint density at radius 2 is 1.26 bits per heavy atom. The zero-order valence-electron chi connectivity index (χ0n) is 26.2. The summed E-state index contributed by atoms with van der Waals surface area (Å²) < 4.78 is 5.98. The minimum atomic E-state index is 0.615. The first kappa shape index (κ1) is 30.3. The van der Waals surface area contributed by atoms with E-state index in [2.05, 4.69) is 74.5 Å². The summed E-state index contributed by atoms with van der Waals surface area (Å²) in [6.07, 6.45) is 17.8. The zero-order valence-corrected chi connectivity index (χ0v) is 26.2. The molecule has 0 saturated heterocycles. The first-order valence-corrected chi connectivity index (χ1v) is 16.5. The highest BCUT2D eigenvalue weighted by Gasteiger charge is 2.23. The lowest BCUT2D eigenvalue weighted by Gasteiger charge is -2.29. The molecule has 0 bridgehead atoms. The average Bonchev–Trinajstić information content (AvgIpc) is 3.01. The van der Waals surface area contributed by atoms with Crippen molar-refractivity contribution in [3.63, 3.8) is 0 Å². The first-order chi connectivity index (χ1) is 20.4. The molecule has 0 amide bonds. The van der Waals surface area contributed by atoms with Crippen LogP contribution in [-0.4, -0.2) is 6.61 Å². The predicted octanol–water partition coefficient (Wildman–Crippen LogP) is 10.1. The number of allylic oxidation sites excluding steroid dienone is 2. The quantitative estimate of drug-likeness (QED) is 0.146. The van der Waals surface area contributed by atoms with Crippen LogP contribution in [0.15, 0.2) is 72.8 Å². The molecular weight excluding hydrogens is 512 g/mol. The Bertz CT molecular complexity index is 1290. The van der Waals surface area contributed by atoms with E-state index in [9.17, 15) is 0 Å². The second-order valence-corrected chi connectivity index (χ2v) is 13.4. The van der Waals surface area contributed by atoms with E-state index in [0.29, 0.717) is 29.8 Å². The number of hydrogen-bond donors (Lipinski definition) is 2. The van der Waals surface area contributed by atoms with Crippen LogP contribution < -0.4 is 16.2 Å². The molecule has 0 heterocycles. The third-order valence-corrected chi connectivity index (χ3v) is 10.0. The average molecular weight is 565 g/mol. The van der Waals surface area contributed by atoms with Crippen LogP contribution in [0, 0.1) is 18.8 Å². The summed E-state index contributed by atoms with van der Waals surface area (Å²) in [7, 11) is 0. The molecule has 42 heavy (non-hydrogen) atoms. The highest BCUT2D eigenvalue weighted by molar-refractivity contribution is 5.62. The highest BCUT2D eigenvalue weighted by Crippen LogP contribution is 2.39. The van der Waals surface area contributed by atoms with Crippen LogP contribution in [0.4, 0.5) is 11.4 Å². The molecule has 5 rings (SSSR count). The minimum Gasteiger partial charge on any atom is -0.493 e. The Morgan fingerprint density at radius 1 is 0.738 bits per heavy atom. The summed E-state index contributed by atoms with van der Waals surface area (Å²) >= 11 is 0. The van der Waals surface area contributed by atoms with E-state index >= 15 is 0 Å². The Labute approximate surface area is 254 Å². The molecule has 3 aromatic carbocycles. The van der Waals surface area contributed by atoms with Crippen molar-refractivity contribution in [3.8, 4) is 5.75 Å². The van der Waals surface area contributed by atoms with E-state index in [1.165, 1.54) is 68.1 Å². The van der Waals surface area contributed by atoms with Gasteiger partial charge in [-0.1, -0.05) is 74.5 Å². The molecule has 2 aliphatic rings. The first-order valence-electron chi connectivity index (χ1n) is 16.5. The fraction of sp³-hybridized carbons (Fsp3) is 0.487. The number of ether oxygens (including phenoxy) is 1. The van der Waals surface area contributed by atoms with Gasteiger partial charge in [0, 0.05) is 23.0 Å². The van der Waals surface area contributed by atoms with Crippen molar-refractivity contribution in [2.75, 3.05) is 18.1 Å². The van der Waals surface area contributed by atoms with Crippen LogP contribution in [0.2, 0.25) is 0 Å². The van der Waals surface area contributed by atoms with E-state index in [-0.39, 0.29) is 0 Å². The molecule has 0 aromatic heterocycles. The van der Waals surface area contributed by atoms with Crippen LogP contribution in [0.5, 0.6) is 5.75 Å². The van der Waals surface area contributed by atoms with Crippen molar-refractivity contribution in [1.29, 1.82) is 0 Å². The van der Waals surface area contributed by atoms with Gasteiger partial charge in [0.1, 0.15) is 5.75 Å². The highest BCUT2D eigenvalue weighted by atomic mass is 16.5. The monoisotopic (exact) mass is 564 g/mol. The molecular formula is C39H52N2O. The Kier molecular flexibility index (Phi) is 10.3. The number of benzene rings is 3. The lowest BCUT2D eigenvalue weighted by atomic mass is 9.76. The van der Waals surface area contributed by atoms with Gasteiger partial charge >= 0.3 is 0 Å². The minimum absolute atomic E-state index is 0.615. The molecule has 4 N–H and O–H groups in total. The lowest BCUT2D eigenvalue weighted by molar-refractivity contribution is 0.309. The molecule has 2 saturated carbocycles. The van der Waals surface area contributed by atoms with E-state index < -0.39 is 0 Å². The second kappa shape index (κ2) is 14.3. The maximum absolute atomic E-state index is 6.01. The number of aryl methyl sites for hydroxylation is 1. The van der Waals surface area contributed by atoms with E-state index in [4.69, 9.17) is 16.2 Å². The molecule has 0 unspecified atom stereocenters. The van der Waals surface area contributed by atoms with Gasteiger partial charge in [-0.3, -0.25) is 0 Å². The predicted molar refractivity (Wildman–Crippen MR) is 179 cm³/mol. The summed E-state index contributed by atoms with van der Waals surface area (Å²) in [5.74, 6) is 4.42. The molecule has 0 radical (unpaired) electrons. The summed E-state index contributed by atoms with van der Waals surface area (Å²) in [6.45, 7) is 7.19. The molecule has 0 atom stereocenters. The fourth-order valence-corrected chi connectivity index (χ4v) is 7.05. The van der Waals surface area contributed by atoms with Gasteiger partial charge < -0.3 is 16.2 Å². The summed E-state index contributed by atoms with van der Waals surface area (Å²) in [4.78, 5) is 0. The SMILES string of the molecule is Cc1c(N)cc(N)cc1OCCCc1ccc(C2CCC(/C=C/C3CCC(c4ccc(C(C)C)cc4)CC3)CC2)cc1. The summed E-state index contributed by atoms with van der Waals surface area (Å²) in [5.41, 5.74) is 20.1. The molecule has 224 valence electrons. The van der Waals surface area contributed by atoms with E-state index in [0.717, 1.165) is 41.9 Å². The third-order valence-electron chi connectivity index (χ3n) is 10.0. The van der Waals surface area contributed by atoms with Crippen LogP contribution in [0.25, 0.3) is 0 Å². The normalized spacial score (nSPS) is 23.0. The molecule has 2 aliphatic carbocycles. The number of hydrogen-bond acceptors (Lipinski definition) is 3. The smallest absolute Gasteiger partial charge is 0.126 e. The lowest BCUT2D eigenvalue weighted by Crippen LogP contribution is -2.14. The standard InChI is InChI=1S/C39H52N2O/c1-27(2)32-20-22-36(23-21-32)35-18-12-31(13-19-35)7-6-30-10-16-34(17-11-30)33-14-8-29(9-15-33)5-4-24-42-39-26-37(40)25-38(41)28(39)3/h6-9,14-15,20-23,25-27,30-31,34-35H,4-5,10-13,16-19,24,40-41H2,1-3H3/b7-6+. The molecule has 2 fully saturated rings. The van der Waals surface area contributed by atoms with Crippen molar-refractivity contribution in [1.82, 2.24) is 0 Å². The van der Waals surface area contributed by atoms with Gasteiger partial charge in [0.2, 0.25) is 0 Å². The Balaban J connectivity index is 1.00. The second-order valence-electron chi connectivity index (χ2n) is 13.4. The van der Waals surface area contributed by atoms with Crippen LogP contribution in [0.1, 0.15) is 117 Å². The maximum atomic E-state index is 6.01. The Morgan fingerprint density at radius 3 is 1.79 bits per heavy atom. The number of nitrogens with two attached hydrogens (primary N) is 2. The van der Waals surface area contributed by atoms with Gasteiger partial charge in [0.15, 0.2) is 0 Å². The summed E-state index contributed by atoms with van der Waals surface area (Å²) in [6, 6.07) is 22.5. The molecule has 3 heteroatoms. The largest absolute Gasteiger partial charge is 0.493 e. The number of rotatable bonds is 10. The van der Waals surface area contributed by atoms with Gasteiger partial charge in [0.05, 0.1) is 6.61 Å². The van der Waals surface area contributed by atoms with Gasteiger partial charge in [-0.05, 0) is 129 Å². The van der Waals surface area contributed by atoms with Gasteiger partial charge in [-0.25, -0.2) is 0 Å². The van der Waals surface area contributed by atoms with E-state index in [1.54, 1.807) is 11.6 Å². The van der Waals surface area contributed by atoms with Crippen molar-refractivity contribution in [2.45, 2.75) is 103 Å². The molecule has 0 aliphatic heterocycles. The van der Waals surface area contributed by atoms with Crippen molar-refractivity contribution in [3.05, 3.63) is 101 Å². The van der Waals surface area contributed by atoms with Gasteiger partial charge in [0.25, 0.3) is 0 Å². The fourth-order valence-electron chi connectivity index (χ4n) is 7.05. The third kappa shape index (κ3) is 8.00. The van der Waals surface area contributed by atoms with Gasteiger partial charge in [-0.15, -0.1) is 0 Å². The number of nitrogen functional groups attached to an aromatic ring is 2. The van der Waals surface area contributed by atoms with Crippen LogP contribution in [0.3, 0.4) is 0 Å². The molecule has 3 aromatic rings. The molecule has 0 spiro atoms. The Hall–Kier alpha value is -3.20. The van der Waals surface area contributed by atoms with Crippen molar-refractivity contribution < 1.29 is 4.74 Å². The van der Waals surface area contributed by atoms with Crippen molar-refractivity contribution >= 4 is 11.4 Å².